The van der Waals surface area contributed by atoms with Gasteiger partial charge in [-0.05, 0) is 42.5 Å². The molecule has 0 saturated heterocycles. The van der Waals surface area contributed by atoms with Crippen molar-refractivity contribution in [3.63, 3.8) is 0 Å². The van der Waals surface area contributed by atoms with Gasteiger partial charge in [-0.15, -0.1) is 0 Å². The predicted octanol–water partition coefficient (Wildman–Crippen LogP) is 5.73. The Hall–Kier alpha value is -3.38. The lowest BCUT2D eigenvalue weighted by atomic mass is 10.2. The molecule has 0 bridgehead atoms. The number of halogens is 2. The molecule has 7 heteroatoms. The molecule has 0 unspecified atom stereocenters. The van der Waals surface area contributed by atoms with Gasteiger partial charge in [-0.3, -0.25) is 0 Å². The first-order valence-electron chi connectivity index (χ1n) is 8.42. The lowest BCUT2D eigenvalue weighted by Crippen LogP contribution is -1.90. The zero-order valence-corrected chi connectivity index (χ0v) is 15.6. The van der Waals surface area contributed by atoms with E-state index in [-0.39, 0.29) is 5.56 Å². The molecule has 0 spiro atoms. The molecule has 2 aromatic heterocycles. The first kappa shape index (κ1) is 18.0. The minimum atomic E-state index is -0.435. The number of rotatable bonds is 5. The van der Waals surface area contributed by atoms with Gasteiger partial charge in [0, 0.05) is 17.8 Å². The van der Waals surface area contributed by atoms with Crippen molar-refractivity contribution in [2.75, 3.05) is 7.11 Å². The number of pyridine rings is 1. The fraction of sp³-hybridized carbons (Fsp3) is 0.0476. The minimum absolute atomic E-state index is 0.239. The Bertz CT molecular complexity index is 1080. The van der Waals surface area contributed by atoms with E-state index in [4.69, 9.17) is 21.1 Å². The molecule has 0 saturated carbocycles. The molecule has 4 rings (SSSR count). The van der Waals surface area contributed by atoms with E-state index in [9.17, 15) is 4.39 Å². The van der Waals surface area contributed by atoms with E-state index in [0.29, 0.717) is 28.2 Å². The first-order valence-corrected chi connectivity index (χ1v) is 8.79. The van der Waals surface area contributed by atoms with Crippen molar-refractivity contribution >= 4 is 11.6 Å². The Kier molecular flexibility index (Phi) is 4.95. The standard InChI is InChI=1S/C21H15ClFN3O2/c1-27-14-6-8-15(9-7-14)28-19-10-5-13(11-24-19)18-12-25-21(26-18)20-16(22)3-2-4-17(20)23/h2-12H,1H3,(H,25,26). The fourth-order valence-corrected chi connectivity index (χ4v) is 2.94. The number of hydrogen-bond donors (Lipinski definition) is 1. The SMILES string of the molecule is COc1ccc(Oc2ccc(-c3cnc(-c4c(F)cccc4Cl)[nH]3)cn2)cc1. The van der Waals surface area contributed by atoms with Crippen molar-refractivity contribution in [3.8, 4) is 40.0 Å². The van der Waals surface area contributed by atoms with Gasteiger partial charge in [0.05, 0.1) is 29.6 Å². The highest BCUT2D eigenvalue weighted by Crippen LogP contribution is 2.30. The van der Waals surface area contributed by atoms with E-state index < -0.39 is 5.82 Å². The zero-order chi connectivity index (χ0) is 19.5. The average Bonchev–Trinajstić information content (AvgIpc) is 3.19. The summed E-state index contributed by atoms with van der Waals surface area (Å²) in [5.41, 5.74) is 1.72. The van der Waals surface area contributed by atoms with Crippen LogP contribution in [0, 0.1) is 5.82 Å². The van der Waals surface area contributed by atoms with E-state index in [2.05, 4.69) is 15.0 Å². The monoisotopic (exact) mass is 395 g/mol. The molecule has 0 radical (unpaired) electrons. The van der Waals surface area contributed by atoms with E-state index in [1.165, 1.54) is 6.07 Å². The van der Waals surface area contributed by atoms with Crippen LogP contribution in [0.5, 0.6) is 17.4 Å². The molecule has 0 atom stereocenters. The van der Waals surface area contributed by atoms with Crippen LogP contribution in [0.2, 0.25) is 5.02 Å². The Morgan fingerprint density at radius 2 is 1.71 bits per heavy atom. The minimum Gasteiger partial charge on any atom is -0.497 e. The van der Waals surface area contributed by atoms with Crippen molar-refractivity contribution in [1.82, 2.24) is 15.0 Å². The highest BCUT2D eigenvalue weighted by molar-refractivity contribution is 6.33. The molecule has 0 fully saturated rings. The molecule has 28 heavy (non-hydrogen) atoms. The van der Waals surface area contributed by atoms with Gasteiger partial charge < -0.3 is 14.5 Å². The van der Waals surface area contributed by atoms with Gasteiger partial charge in [-0.1, -0.05) is 17.7 Å². The van der Waals surface area contributed by atoms with Crippen LogP contribution in [0.15, 0.2) is 67.0 Å². The zero-order valence-electron chi connectivity index (χ0n) is 14.8. The van der Waals surface area contributed by atoms with Crippen molar-refractivity contribution in [3.05, 3.63) is 77.8 Å². The molecule has 5 nitrogen and oxygen atoms in total. The predicted molar refractivity (Wildman–Crippen MR) is 105 cm³/mol. The Labute approximate surface area is 165 Å². The summed E-state index contributed by atoms with van der Waals surface area (Å²) < 4.78 is 24.9. The summed E-state index contributed by atoms with van der Waals surface area (Å²) >= 11 is 6.10. The molecular weight excluding hydrogens is 381 g/mol. The number of hydrogen-bond acceptors (Lipinski definition) is 4. The van der Waals surface area contributed by atoms with Crippen LogP contribution in [0.3, 0.4) is 0 Å². The number of nitrogens with zero attached hydrogens (tertiary/aromatic N) is 2. The molecule has 4 aromatic rings. The number of ether oxygens (including phenoxy) is 2. The lowest BCUT2D eigenvalue weighted by Gasteiger charge is -2.06. The molecule has 0 amide bonds. The number of nitrogens with one attached hydrogen (secondary N) is 1. The van der Waals surface area contributed by atoms with Gasteiger partial charge in [0.15, 0.2) is 0 Å². The second-order valence-electron chi connectivity index (χ2n) is 5.90. The largest absolute Gasteiger partial charge is 0.497 e. The molecule has 2 aromatic carbocycles. The summed E-state index contributed by atoms with van der Waals surface area (Å²) in [5.74, 6) is 1.77. The topological polar surface area (TPSA) is 60.0 Å². The normalized spacial score (nSPS) is 10.7. The van der Waals surface area contributed by atoms with E-state index in [1.807, 2.05) is 18.2 Å². The molecule has 0 aliphatic heterocycles. The second kappa shape index (κ2) is 7.70. The van der Waals surface area contributed by atoms with Crippen molar-refractivity contribution in [2.24, 2.45) is 0 Å². The molecule has 2 heterocycles. The van der Waals surface area contributed by atoms with Gasteiger partial charge >= 0.3 is 0 Å². The highest BCUT2D eigenvalue weighted by Gasteiger charge is 2.14. The highest BCUT2D eigenvalue weighted by atomic mass is 35.5. The molecule has 0 aliphatic rings. The summed E-state index contributed by atoms with van der Waals surface area (Å²) in [7, 11) is 1.61. The molecule has 0 aliphatic carbocycles. The number of benzene rings is 2. The van der Waals surface area contributed by atoms with Crippen LogP contribution in [-0.2, 0) is 0 Å². The van der Waals surface area contributed by atoms with Crippen LogP contribution in [0.4, 0.5) is 4.39 Å². The van der Waals surface area contributed by atoms with Crippen molar-refractivity contribution in [2.45, 2.75) is 0 Å². The number of methoxy groups -OCH3 is 1. The van der Waals surface area contributed by atoms with E-state index >= 15 is 0 Å². The van der Waals surface area contributed by atoms with Crippen LogP contribution in [-0.4, -0.2) is 22.1 Å². The number of aromatic nitrogens is 3. The van der Waals surface area contributed by atoms with Gasteiger partial charge in [0.25, 0.3) is 0 Å². The van der Waals surface area contributed by atoms with Crippen LogP contribution < -0.4 is 9.47 Å². The maximum atomic E-state index is 14.1. The summed E-state index contributed by atoms with van der Waals surface area (Å²) in [6.45, 7) is 0. The number of H-pyrrole nitrogens is 1. The molecule has 140 valence electrons. The third-order valence-corrected chi connectivity index (χ3v) is 4.42. The summed E-state index contributed by atoms with van der Waals surface area (Å²) in [6, 6.07) is 15.3. The van der Waals surface area contributed by atoms with Gasteiger partial charge in [-0.25, -0.2) is 14.4 Å². The molecular formula is C21H15ClFN3O2. The smallest absolute Gasteiger partial charge is 0.219 e. The van der Waals surface area contributed by atoms with Crippen LogP contribution >= 0.6 is 11.6 Å². The van der Waals surface area contributed by atoms with Gasteiger partial charge in [-0.2, -0.15) is 0 Å². The second-order valence-corrected chi connectivity index (χ2v) is 6.31. The average molecular weight is 396 g/mol. The summed E-state index contributed by atoms with van der Waals surface area (Å²) in [5, 5.41) is 0.294. The summed E-state index contributed by atoms with van der Waals surface area (Å²) in [6.07, 6.45) is 3.26. The van der Waals surface area contributed by atoms with Crippen LogP contribution in [0.1, 0.15) is 0 Å². The lowest BCUT2D eigenvalue weighted by molar-refractivity contribution is 0.412. The Morgan fingerprint density at radius 3 is 2.39 bits per heavy atom. The third-order valence-electron chi connectivity index (χ3n) is 4.10. The fourth-order valence-electron chi connectivity index (χ4n) is 2.68. The van der Waals surface area contributed by atoms with Crippen molar-refractivity contribution in [1.29, 1.82) is 0 Å². The van der Waals surface area contributed by atoms with Gasteiger partial charge in [0.2, 0.25) is 5.88 Å². The first-order chi connectivity index (χ1) is 13.6. The van der Waals surface area contributed by atoms with E-state index in [0.717, 1.165) is 11.3 Å². The Morgan fingerprint density at radius 1 is 0.929 bits per heavy atom. The number of aromatic amines is 1. The number of imidazole rings is 1. The van der Waals surface area contributed by atoms with E-state index in [1.54, 1.807) is 49.8 Å². The maximum absolute atomic E-state index is 14.1. The molecule has 1 N–H and O–H groups in total. The third kappa shape index (κ3) is 3.68. The Balaban J connectivity index is 1.53. The van der Waals surface area contributed by atoms with Crippen LogP contribution in [0.25, 0.3) is 22.6 Å². The maximum Gasteiger partial charge on any atom is 0.219 e. The van der Waals surface area contributed by atoms with Crippen molar-refractivity contribution < 1.29 is 13.9 Å². The van der Waals surface area contributed by atoms with Gasteiger partial charge in [0.1, 0.15) is 23.1 Å². The quantitative estimate of drug-likeness (QED) is 0.468. The summed E-state index contributed by atoms with van der Waals surface area (Å²) in [4.78, 5) is 11.6.